The summed E-state index contributed by atoms with van der Waals surface area (Å²) in [4.78, 5) is 0. The Morgan fingerprint density at radius 2 is 1.91 bits per heavy atom. The molecule has 0 aromatic carbocycles. The van der Waals surface area contributed by atoms with Crippen LogP contribution in [0, 0.1) is 5.92 Å². The highest BCUT2D eigenvalue weighted by Crippen LogP contribution is 2.14. The van der Waals surface area contributed by atoms with Crippen molar-refractivity contribution in [2.24, 2.45) is 5.92 Å². The third-order valence-electron chi connectivity index (χ3n) is 0.916. The van der Waals surface area contributed by atoms with E-state index in [9.17, 15) is 13.2 Å². The van der Waals surface area contributed by atoms with Gasteiger partial charge < -0.3 is 5.32 Å². The number of halogens is 3. The van der Waals surface area contributed by atoms with Gasteiger partial charge in [0.25, 0.3) is 0 Å². The Morgan fingerprint density at radius 1 is 1.36 bits per heavy atom. The number of rotatable bonds is 3. The van der Waals surface area contributed by atoms with E-state index in [4.69, 9.17) is 0 Å². The van der Waals surface area contributed by atoms with Crippen LogP contribution in [-0.4, -0.2) is 12.7 Å². The van der Waals surface area contributed by atoms with E-state index in [1.54, 1.807) is 0 Å². The Balaban J connectivity index is 3.46. The zero-order valence-electron chi connectivity index (χ0n) is 6.57. The first kappa shape index (κ1) is 10.3. The zero-order chi connectivity index (χ0) is 8.91. The number of nitrogens with one attached hydrogen (secondary N) is 1. The lowest BCUT2D eigenvalue weighted by Crippen LogP contribution is -2.14. The lowest BCUT2D eigenvalue weighted by atomic mass is 10.2. The fraction of sp³-hybridized carbons (Fsp3) is 0.714. The van der Waals surface area contributed by atoms with Crippen LogP contribution in [0.25, 0.3) is 0 Å². The van der Waals surface area contributed by atoms with Gasteiger partial charge in [-0.15, -0.1) is 0 Å². The lowest BCUT2D eigenvalue weighted by molar-refractivity contribution is -0.0801. The van der Waals surface area contributed by atoms with Crippen LogP contribution in [0.2, 0.25) is 0 Å². The topological polar surface area (TPSA) is 12.0 Å². The summed E-state index contributed by atoms with van der Waals surface area (Å²) in [5, 5.41) is 2.54. The van der Waals surface area contributed by atoms with Gasteiger partial charge in [-0.3, -0.25) is 0 Å². The van der Waals surface area contributed by atoms with E-state index in [2.05, 4.69) is 5.32 Å². The van der Waals surface area contributed by atoms with Gasteiger partial charge in [-0.25, -0.2) is 0 Å². The minimum atomic E-state index is -4.20. The molecule has 1 nitrogen and oxygen atoms in total. The summed E-state index contributed by atoms with van der Waals surface area (Å²) in [6, 6.07) is 0. The third kappa shape index (κ3) is 9.33. The maximum absolute atomic E-state index is 11.5. The van der Waals surface area contributed by atoms with Crippen LogP contribution in [0.5, 0.6) is 0 Å². The Labute approximate surface area is 64.3 Å². The SMILES string of the molecule is CC(C)CN/C=C/C(F)(F)F. The van der Waals surface area contributed by atoms with E-state index in [0.717, 1.165) is 6.20 Å². The molecule has 0 spiro atoms. The molecule has 4 heteroatoms. The van der Waals surface area contributed by atoms with Crippen molar-refractivity contribution in [3.8, 4) is 0 Å². The lowest BCUT2D eigenvalue weighted by Gasteiger charge is -2.03. The summed E-state index contributed by atoms with van der Waals surface area (Å²) >= 11 is 0. The van der Waals surface area contributed by atoms with Crippen LogP contribution >= 0.6 is 0 Å². The summed E-state index contributed by atoms with van der Waals surface area (Å²) < 4.78 is 34.4. The predicted octanol–water partition coefficient (Wildman–Crippen LogP) is 2.31. The molecule has 0 radical (unpaired) electrons. The van der Waals surface area contributed by atoms with Crippen molar-refractivity contribution >= 4 is 0 Å². The molecule has 1 N–H and O–H groups in total. The molecule has 66 valence electrons. The van der Waals surface area contributed by atoms with Crippen molar-refractivity contribution in [2.75, 3.05) is 6.54 Å². The number of hydrogen-bond donors (Lipinski definition) is 1. The van der Waals surface area contributed by atoms with Crippen LogP contribution in [0.1, 0.15) is 13.8 Å². The van der Waals surface area contributed by atoms with E-state index in [-0.39, 0.29) is 6.08 Å². The Bertz CT molecular complexity index is 126. The van der Waals surface area contributed by atoms with E-state index in [0.29, 0.717) is 12.5 Å². The van der Waals surface area contributed by atoms with E-state index in [1.165, 1.54) is 0 Å². The van der Waals surface area contributed by atoms with Gasteiger partial charge in [0, 0.05) is 18.8 Å². The average Bonchev–Trinajstić information content (AvgIpc) is 1.78. The molecule has 0 saturated heterocycles. The molecular weight excluding hydrogens is 155 g/mol. The molecular formula is C7H12F3N. The van der Waals surface area contributed by atoms with E-state index < -0.39 is 6.18 Å². The average molecular weight is 167 g/mol. The number of allylic oxidation sites excluding steroid dienone is 1. The minimum absolute atomic E-state index is 0.190. The largest absolute Gasteiger partial charge is 0.411 e. The zero-order valence-corrected chi connectivity index (χ0v) is 6.57. The summed E-state index contributed by atoms with van der Waals surface area (Å²) in [6.45, 7) is 4.41. The molecule has 0 aliphatic carbocycles. The van der Waals surface area contributed by atoms with Crippen LogP contribution in [0.3, 0.4) is 0 Å². The second-order valence-electron chi connectivity index (χ2n) is 2.68. The van der Waals surface area contributed by atoms with Gasteiger partial charge in [0.05, 0.1) is 0 Å². The molecule has 11 heavy (non-hydrogen) atoms. The van der Waals surface area contributed by atoms with Gasteiger partial charge in [-0.2, -0.15) is 13.2 Å². The minimum Gasteiger partial charge on any atom is -0.391 e. The van der Waals surface area contributed by atoms with Crippen LogP contribution in [0.4, 0.5) is 13.2 Å². The monoisotopic (exact) mass is 167 g/mol. The highest BCUT2D eigenvalue weighted by atomic mass is 19.4. The molecule has 0 amide bonds. The van der Waals surface area contributed by atoms with Crippen LogP contribution in [-0.2, 0) is 0 Å². The molecule has 0 aromatic rings. The molecule has 0 aliphatic rings. The molecule has 0 fully saturated rings. The number of alkyl halides is 3. The highest BCUT2D eigenvalue weighted by molar-refractivity contribution is 4.86. The Kier molecular flexibility index (Phi) is 4.00. The van der Waals surface area contributed by atoms with Crippen LogP contribution in [0.15, 0.2) is 12.3 Å². The van der Waals surface area contributed by atoms with Crippen molar-refractivity contribution < 1.29 is 13.2 Å². The second-order valence-corrected chi connectivity index (χ2v) is 2.68. The first-order valence-electron chi connectivity index (χ1n) is 3.39. The molecule has 0 rings (SSSR count). The normalized spacial score (nSPS) is 12.9. The molecule has 0 aromatic heterocycles. The van der Waals surface area contributed by atoms with E-state index in [1.807, 2.05) is 13.8 Å². The summed E-state index contributed by atoms with van der Waals surface area (Å²) in [6.07, 6.45) is -3.08. The maximum Gasteiger partial charge on any atom is 0.411 e. The van der Waals surface area contributed by atoms with E-state index >= 15 is 0 Å². The summed E-state index contributed by atoms with van der Waals surface area (Å²) in [5.41, 5.74) is 0. The smallest absolute Gasteiger partial charge is 0.391 e. The quantitative estimate of drug-likeness (QED) is 0.680. The molecule has 0 atom stereocenters. The van der Waals surface area contributed by atoms with Gasteiger partial charge in [0.15, 0.2) is 0 Å². The molecule has 0 unspecified atom stereocenters. The van der Waals surface area contributed by atoms with Crippen molar-refractivity contribution in [1.82, 2.24) is 5.32 Å². The molecule has 0 heterocycles. The fourth-order valence-corrected chi connectivity index (χ4v) is 0.457. The molecule has 0 saturated carbocycles. The first-order valence-corrected chi connectivity index (χ1v) is 3.39. The van der Waals surface area contributed by atoms with Crippen molar-refractivity contribution in [2.45, 2.75) is 20.0 Å². The van der Waals surface area contributed by atoms with Crippen LogP contribution < -0.4 is 5.32 Å². The van der Waals surface area contributed by atoms with Crippen molar-refractivity contribution in [3.63, 3.8) is 0 Å². The van der Waals surface area contributed by atoms with Crippen molar-refractivity contribution in [1.29, 1.82) is 0 Å². The van der Waals surface area contributed by atoms with Gasteiger partial charge in [-0.1, -0.05) is 13.8 Å². The fourth-order valence-electron chi connectivity index (χ4n) is 0.457. The van der Waals surface area contributed by atoms with Gasteiger partial charge in [-0.05, 0) is 5.92 Å². The predicted molar refractivity (Wildman–Crippen MR) is 38.0 cm³/mol. The summed E-state index contributed by atoms with van der Waals surface area (Å²) in [7, 11) is 0. The second kappa shape index (κ2) is 4.26. The Hall–Kier alpha value is -0.670. The highest BCUT2D eigenvalue weighted by Gasteiger charge is 2.21. The number of hydrogen-bond acceptors (Lipinski definition) is 1. The maximum atomic E-state index is 11.5. The third-order valence-corrected chi connectivity index (χ3v) is 0.916. The van der Waals surface area contributed by atoms with Gasteiger partial charge >= 0.3 is 6.18 Å². The first-order chi connectivity index (χ1) is 4.92. The Morgan fingerprint density at radius 3 is 2.27 bits per heavy atom. The van der Waals surface area contributed by atoms with Gasteiger partial charge in [0.1, 0.15) is 0 Å². The summed E-state index contributed by atoms with van der Waals surface area (Å²) in [5.74, 6) is 0.355. The van der Waals surface area contributed by atoms with Crippen molar-refractivity contribution in [3.05, 3.63) is 12.3 Å². The standard InChI is InChI=1S/C7H12F3N/c1-6(2)5-11-4-3-7(8,9)10/h3-4,6,11H,5H2,1-2H3/b4-3+. The molecule has 0 bridgehead atoms. The van der Waals surface area contributed by atoms with Gasteiger partial charge in [0.2, 0.25) is 0 Å². The molecule has 0 aliphatic heterocycles.